The van der Waals surface area contributed by atoms with Crippen molar-refractivity contribution in [1.82, 2.24) is 4.90 Å². The molecule has 0 radical (unpaired) electrons. The maximum atomic E-state index is 11.7. The first-order chi connectivity index (χ1) is 6.78. The Morgan fingerprint density at radius 2 is 1.93 bits per heavy atom. The summed E-state index contributed by atoms with van der Waals surface area (Å²) in [5.74, 6) is -0.269. The van der Waals surface area contributed by atoms with Crippen molar-refractivity contribution in [2.45, 2.75) is 45.3 Å². The molecule has 0 aromatic rings. The number of aldehydes is 1. The molecular weight excluding hydrogens is 194 g/mol. The molecule has 0 rings (SSSR count). The number of carbonyl (C=O) groups excluding carboxylic acids is 2. The van der Waals surface area contributed by atoms with Crippen LogP contribution in [0.2, 0.25) is 0 Å². The van der Waals surface area contributed by atoms with E-state index >= 15 is 0 Å². The van der Waals surface area contributed by atoms with Crippen LogP contribution in [0.15, 0.2) is 0 Å². The predicted molar refractivity (Wildman–Crippen MR) is 58.6 cm³/mol. The summed E-state index contributed by atoms with van der Waals surface area (Å²) in [5, 5.41) is 0. The first-order valence-corrected chi connectivity index (χ1v) is 5.11. The maximum absolute atomic E-state index is 11.7. The minimum Gasteiger partial charge on any atom is -0.459 e. The van der Waals surface area contributed by atoms with Crippen molar-refractivity contribution in [2.24, 2.45) is 0 Å². The molecule has 4 heteroatoms. The summed E-state index contributed by atoms with van der Waals surface area (Å²) >= 11 is 0. The molecule has 0 aliphatic rings. The lowest BCUT2D eigenvalue weighted by atomic mass is 10.1. The molecule has 0 heterocycles. The van der Waals surface area contributed by atoms with Gasteiger partial charge in [-0.15, -0.1) is 0 Å². The third-order valence-electron chi connectivity index (χ3n) is 1.86. The largest absolute Gasteiger partial charge is 0.459 e. The van der Waals surface area contributed by atoms with E-state index in [1.165, 1.54) is 0 Å². The van der Waals surface area contributed by atoms with Crippen LogP contribution in [-0.4, -0.2) is 42.9 Å². The number of esters is 1. The monoisotopic (exact) mass is 215 g/mol. The summed E-state index contributed by atoms with van der Waals surface area (Å²) in [6.45, 7) is 5.49. The van der Waals surface area contributed by atoms with Crippen LogP contribution in [0.25, 0.3) is 0 Å². The van der Waals surface area contributed by atoms with E-state index in [1.807, 2.05) is 20.8 Å². The van der Waals surface area contributed by atoms with Gasteiger partial charge in [-0.3, -0.25) is 9.69 Å². The number of carbonyl (C=O) groups is 2. The van der Waals surface area contributed by atoms with Crippen molar-refractivity contribution in [2.75, 3.05) is 14.1 Å². The van der Waals surface area contributed by atoms with Gasteiger partial charge in [-0.2, -0.15) is 0 Å². The van der Waals surface area contributed by atoms with E-state index in [-0.39, 0.29) is 12.0 Å². The van der Waals surface area contributed by atoms with Gasteiger partial charge >= 0.3 is 5.97 Å². The lowest BCUT2D eigenvalue weighted by molar-refractivity contribution is -0.160. The average molecular weight is 215 g/mol. The zero-order valence-electron chi connectivity index (χ0n) is 10.2. The highest BCUT2D eigenvalue weighted by Crippen LogP contribution is 2.12. The van der Waals surface area contributed by atoms with Gasteiger partial charge < -0.3 is 9.53 Å². The molecule has 0 aromatic heterocycles. The Bertz CT molecular complexity index is 218. The Kier molecular flexibility index (Phi) is 5.50. The smallest absolute Gasteiger partial charge is 0.323 e. The summed E-state index contributed by atoms with van der Waals surface area (Å²) in [6.07, 6.45) is 1.70. The van der Waals surface area contributed by atoms with Crippen molar-refractivity contribution < 1.29 is 14.3 Å². The van der Waals surface area contributed by atoms with Crippen LogP contribution >= 0.6 is 0 Å². The third kappa shape index (κ3) is 6.23. The fourth-order valence-corrected chi connectivity index (χ4v) is 1.18. The molecule has 15 heavy (non-hydrogen) atoms. The molecule has 88 valence electrons. The summed E-state index contributed by atoms with van der Waals surface area (Å²) < 4.78 is 5.26. The first kappa shape index (κ1) is 14.1. The number of hydrogen-bond acceptors (Lipinski definition) is 4. The first-order valence-electron chi connectivity index (χ1n) is 5.11. The number of likely N-dealkylation sites (N-methyl/N-ethyl adjacent to an activating group) is 1. The fraction of sp³-hybridized carbons (Fsp3) is 0.818. The van der Waals surface area contributed by atoms with Gasteiger partial charge in [0.1, 0.15) is 17.9 Å². The van der Waals surface area contributed by atoms with E-state index in [0.29, 0.717) is 12.8 Å². The molecule has 0 aliphatic heterocycles. The second-order valence-corrected chi connectivity index (χ2v) is 4.76. The quantitative estimate of drug-likeness (QED) is 0.511. The fourth-order valence-electron chi connectivity index (χ4n) is 1.18. The average Bonchev–Trinajstić information content (AvgIpc) is 2.00. The Balaban J connectivity index is 4.35. The van der Waals surface area contributed by atoms with E-state index in [1.54, 1.807) is 19.0 Å². The Labute approximate surface area is 91.6 Å². The van der Waals surface area contributed by atoms with Gasteiger partial charge in [0.15, 0.2) is 0 Å². The standard InChI is InChI=1S/C11H21NO3/c1-11(2,3)15-10(14)9(12(4)5)7-6-8-13/h8-9H,6-7H2,1-5H3. The van der Waals surface area contributed by atoms with Crippen molar-refractivity contribution in [3.8, 4) is 0 Å². The number of ether oxygens (including phenoxy) is 1. The number of nitrogens with zero attached hydrogens (tertiary/aromatic N) is 1. The minimum absolute atomic E-state index is 0.269. The van der Waals surface area contributed by atoms with Crippen LogP contribution in [0.1, 0.15) is 33.6 Å². The maximum Gasteiger partial charge on any atom is 0.323 e. The second-order valence-electron chi connectivity index (χ2n) is 4.76. The van der Waals surface area contributed by atoms with E-state index < -0.39 is 5.60 Å². The Hall–Kier alpha value is -0.900. The van der Waals surface area contributed by atoms with Gasteiger partial charge in [-0.25, -0.2) is 0 Å². The molecular formula is C11H21NO3. The normalized spacial score (nSPS) is 13.7. The Morgan fingerprint density at radius 1 is 1.40 bits per heavy atom. The predicted octanol–water partition coefficient (Wildman–Crippen LogP) is 1.24. The van der Waals surface area contributed by atoms with Crippen molar-refractivity contribution >= 4 is 12.3 Å². The topological polar surface area (TPSA) is 46.6 Å². The van der Waals surface area contributed by atoms with Crippen LogP contribution in [0.5, 0.6) is 0 Å². The summed E-state index contributed by atoms with van der Waals surface area (Å²) in [7, 11) is 3.61. The Morgan fingerprint density at radius 3 is 2.27 bits per heavy atom. The van der Waals surface area contributed by atoms with Crippen LogP contribution < -0.4 is 0 Å². The van der Waals surface area contributed by atoms with Crippen molar-refractivity contribution in [3.63, 3.8) is 0 Å². The molecule has 0 fully saturated rings. The van der Waals surface area contributed by atoms with Gasteiger partial charge in [0.2, 0.25) is 0 Å². The molecule has 0 spiro atoms. The molecule has 1 unspecified atom stereocenters. The van der Waals surface area contributed by atoms with Crippen LogP contribution in [-0.2, 0) is 14.3 Å². The zero-order chi connectivity index (χ0) is 12.1. The van der Waals surface area contributed by atoms with Gasteiger partial charge in [0, 0.05) is 6.42 Å². The SMILES string of the molecule is CN(C)C(CCC=O)C(=O)OC(C)(C)C. The molecule has 0 N–H and O–H groups in total. The highest BCUT2D eigenvalue weighted by Gasteiger charge is 2.26. The van der Waals surface area contributed by atoms with Crippen LogP contribution in [0.3, 0.4) is 0 Å². The van der Waals surface area contributed by atoms with Crippen molar-refractivity contribution in [3.05, 3.63) is 0 Å². The van der Waals surface area contributed by atoms with Gasteiger partial charge in [0.05, 0.1) is 0 Å². The van der Waals surface area contributed by atoms with Crippen LogP contribution in [0.4, 0.5) is 0 Å². The van der Waals surface area contributed by atoms with Crippen LogP contribution in [0, 0.1) is 0 Å². The zero-order valence-corrected chi connectivity index (χ0v) is 10.2. The molecule has 0 saturated carbocycles. The molecule has 0 aliphatic carbocycles. The van der Waals surface area contributed by atoms with Gasteiger partial charge in [0.25, 0.3) is 0 Å². The molecule has 0 aromatic carbocycles. The van der Waals surface area contributed by atoms with Gasteiger partial charge in [-0.1, -0.05) is 0 Å². The second kappa shape index (κ2) is 5.85. The lowest BCUT2D eigenvalue weighted by Crippen LogP contribution is -2.40. The molecule has 1 atom stereocenters. The lowest BCUT2D eigenvalue weighted by Gasteiger charge is -2.27. The highest BCUT2D eigenvalue weighted by atomic mass is 16.6. The van der Waals surface area contributed by atoms with Crippen molar-refractivity contribution in [1.29, 1.82) is 0 Å². The van der Waals surface area contributed by atoms with E-state index in [2.05, 4.69) is 0 Å². The van der Waals surface area contributed by atoms with E-state index in [4.69, 9.17) is 4.74 Å². The summed E-state index contributed by atoms with van der Waals surface area (Å²) in [4.78, 5) is 23.8. The molecule has 0 saturated heterocycles. The number of rotatable bonds is 5. The third-order valence-corrected chi connectivity index (χ3v) is 1.86. The molecule has 0 amide bonds. The van der Waals surface area contributed by atoms with Gasteiger partial charge in [-0.05, 0) is 41.3 Å². The highest BCUT2D eigenvalue weighted by molar-refractivity contribution is 5.76. The molecule has 0 bridgehead atoms. The number of hydrogen-bond donors (Lipinski definition) is 0. The molecule has 4 nitrogen and oxygen atoms in total. The van der Waals surface area contributed by atoms with E-state index in [0.717, 1.165) is 6.29 Å². The minimum atomic E-state index is -0.480. The summed E-state index contributed by atoms with van der Waals surface area (Å²) in [6, 6.07) is -0.338. The van der Waals surface area contributed by atoms with E-state index in [9.17, 15) is 9.59 Å². The summed E-state index contributed by atoms with van der Waals surface area (Å²) in [5.41, 5.74) is -0.480.